The maximum atomic E-state index is 12.1. The van der Waals surface area contributed by atoms with Gasteiger partial charge in [-0.25, -0.2) is 4.79 Å². The Bertz CT molecular complexity index is 693. The summed E-state index contributed by atoms with van der Waals surface area (Å²) in [6.45, 7) is 3.93. The van der Waals surface area contributed by atoms with Gasteiger partial charge in [-0.2, -0.15) is 0 Å². The molecule has 2 unspecified atom stereocenters. The van der Waals surface area contributed by atoms with Crippen LogP contribution in [0.2, 0.25) is 0 Å². The van der Waals surface area contributed by atoms with E-state index in [1.165, 1.54) is 0 Å². The third kappa shape index (κ3) is 4.32. The number of amides is 1. The van der Waals surface area contributed by atoms with Crippen LogP contribution in [0.1, 0.15) is 25.8 Å². The van der Waals surface area contributed by atoms with Crippen molar-refractivity contribution in [2.75, 3.05) is 0 Å². The molecule has 1 amide bonds. The average molecular weight is 317 g/mol. The van der Waals surface area contributed by atoms with E-state index in [0.29, 0.717) is 6.42 Å². The van der Waals surface area contributed by atoms with Gasteiger partial charge in [0, 0.05) is 23.5 Å². The highest BCUT2D eigenvalue weighted by molar-refractivity contribution is 5.88. The van der Waals surface area contributed by atoms with E-state index in [1.807, 2.05) is 38.1 Å². The zero-order chi connectivity index (χ0) is 17.0. The monoisotopic (exact) mass is 317 g/mol. The number of aromatic nitrogens is 1. The number of nitrogens with two attached hydrogens (primary N) is 1. The number of aromatic amines is 1. The van der Waals surface area contributed by atoms with Crippen molar-refractivity contribution >= 4 is 22.8 Å². The zero-order valence-corrected chi connectivity index (χ0v) is 13.4. The molecular weight excluding hydrogens is 294 g/mol. The van der Waals surface area contributed by atoms with Gasteiger partial charge in [-0.15, -0.1) is 0 Å². The van der Waals surface area contributed by atoms with Gasteiger partial charge in [0.1, 0.15) is 6.04 Å². The Balaban J connectivity index is 2.10. The normalized spacial score (nSPS) is 13.9. The maximum Gasteiger partial charge on any atom is 0.326 e. The molecule has 6 heteroatoms. The van der Waals surface area contributed by atoms with Crippen molar-refractivity contribution in [1.29, 1.82) is 0 Å². The van der Waals surface area contributed by atoms with Crippen molar-refractivity contribution in [1.82, 2.24) is 10.3 Å². The molecule has 0 aliphatic rings. The molecule has 0 spiro atoms. The van der Waals surface area contributed by atoms with Crippen LogP contribution in [0, 0.1) is 5.92 Å². The summed E-state index contributed by atoms with van der Waals surface area (Å²) < 4.78 is 0. The summed E-state index contributed by atoms with van der Waals surface area (Å²) in [4.78, 5) is 26.7. The minimum atomic E-state index is -1.07. The van der Waals surface area contributed by atoms with Gasteiger partial charge < -0.3 is 21.1 Å². The zero-order valence-electron chi connectivity index (χ0n) is 13.4. The van der Waals surface area contributed by atoms with Crippen LogP contribution >= 0.6 is 0 Å². The molecule has 1 aromatic carbocycles. The SMILES string of the molecule is CC(C)CC(N)C(=O)NC(Cc1c[nH]c2ccccc12)C(=O)O. The van der Waals surface area contributed by atoms with E-state index >= 15 is 0 Å². The van der Waals surface area contributed by atoms with E-state index < -0.39 is 24.0 Å². The summed E-state index contributed by atoms with van der Waals surface area (Å²) in [7, 11) is 0. The van der Waals surface area contributed by atoms with Gasteiger partial charge >= 0.3 is 5.97 Å². The Morgan fingerprint density at radius 3 is 2.65 bits per heavy atom. The van der Waals surface area contributed by atoms with Gasteiger partial charge in [-0.1, -0.05) is 32.0 Å². The fourth-order valence-corrected chi connectivity index (χ4v) is 2.61. The third-order valence-electron chi connectivity index (χ3n) is 3.78. The van der Waals surface area contributed by atoms with E-state index in [1.54, 1.807) is 6.20 Å². The molecule has 2 rings (SSSR count). The van der Waals surface area contributed by atoms with Gasteiger partial charge in [0.05, 0.1) is 6.04 Å². The number of H-pyrrole nitrogens is 1. The Labute approximate surface area is 135 Å². The first-order chi connectivity index (χ1) is 10.9. The second kappa shape index (κ2) is 7.28. The molecule has 2 atom stereocenters. The van der Waals surface area contributed by atoms with Crippen molar-refractivity contribution in [2.24, 2.45) is 11.7 Å². The van der Waals surface area contributed by atoms with Gasteiger partial charge in [0.2, 0.25) is 5.91 Å². The number of carbonyl (C=O) groups is 2. The van der Waals surface area contributed by atoms with Crippen molar-refractivity contribution in [3.63, 3.8) is 0 Å². The van der Waals surface area contributed by atoms with Crippen LogP contribution in [0.5, 0.6) is 0 Å². The smallest absolute Gasteiger partial charge is 0.326 e. The highest BCUT2D eigenvalue weighted by atomic mass is 16.4. The van der Waals surface area contributed by atoms with Crippen molar-refractivity contribution in [3.8, 4) is 0 Å². The number of hydrogen-bond donors (Lipinski definition) is 4. The Morgan fingerprint density at radius 1 is 1.30 bits per heavy atom. The number of para-hydroxylation sites is 1. The van der Waals surface area contributed by atoms with E-state index in [0.717, 1.165) is 16.5 Å². The predicted octanol–water partition coefficient (Wildman–Crippen LogP) is 1.65. The van der Waals surface area contributed by atoms with Crippen LogP contribution in [0.3, 0.4) is 0 Å². The lowest BCUT2D eigenvalue weighted by atomic mass is 10.0. The van der Waals surface area contributed by atoms with Crippen LogP contribution in [0.4, 0.5) is 0 Å². The summed E-state index contributed by atoms with van der Waals surface area (Å²) in [6, 6.07) is 5.95. The molecule has 6 nitrogen and oxygen atoms in total. The van der Waals surface area contributed by atoms with E-state index in [-0.39, 0.29) is 12.3 Å². The maximum absolute atomic E-state index is 12.1. The molecule has 0 bridgehead atoms. The first-order valence-corrected chi connectivity index (χ1v) is 7.72. The van der Waals surface area contributed by atoms with Crippen molar-refractivity contribution in [3.05, 3.63) is 36.0 Å². The fraction of sp³-hybridized carbons (Fsp3) is 0.412. The first kappa shape index (κ1) is 17.0. The third-order valence-corrected chi connectivity index (χ3v) is 3.78. The minimum Gasteiger partial charge on any atom is -0.480 e. The Kier molecular flexibility index (Phi) is 5.39. The Morgan fingerprint density at radius 2 is 2.00 bits per heavy atom. The van der Waals surface area contributed by atoms with Gasteiger partial charge in [-0.3, -0.25) is 4.79 Å². The van der Waals surface area contributed by atoms with Gasteiger partial charge in [0.15, 0.2) is 0 Å². The highest BCUT2D eigenvalue weighted by Crippen LogP contribution is 2.19. The number of rotatable bonds is 7. The van der Waals surface area contributed by atoms with Crippen molar-refractivity contribution in [2.45, 2.75) is 38.8 Å². The molecule has 0 radical (unpaired) electrons. The molecule has 23 heavy (non-hydrogen) atoms. The number of carboxylic acid groups (broad SMARTS) is 1. The second-order valence-electron chi connectivity index (χ2n) is 6.20. The van der Waals surface area contributed by atoms with Crippen LogP contribution in [-0.4, -0.2) is 34.1 Å². The van der Waals surface area contributed by atoms with E-state index in [9.17, 15) is 14.7 Å². The largest absolute Gasteiger partial charge is 0.480 e. The van der Waals surface area contributed by atoms with Gasteiger partial charge in [-0.05, 0) is 24.0 Å². The number of fused-ring (bicyclic) bond motifs is 1. The highest BCUT2D eigenvalue weighted by Gasteiger charge is 2.24. The molecule has 1 heterocycles. The van der Waals surface area contributed by atoms with E-state index in [4.69, 9.17) is 5.73 Å². The lowest BCUT2D eigenvalue weighted by molar-refractivity contribution is -0.142. The number of benzene rings is 1. The second-order valence-corrected chi connectivity index (χ2v) is 6.20. The lowest BCUT2D eigenvalue weighted by Crippen LogP contribution is -2.49. The van der Waals surface area contributed by atoms with E-state index in [2.05, 4.69) is 10.3 Å². The average Bonchev–Trinajstić information content (AvgIpc) is 2.89. The molecule has 124 valence electrons. The molecule has 0 saturated carbocycles. The summed E-state index contributed by atoms with van der Waals surface area (Å²) in [6.07, 6.45) is 2.51. The predicted molar refractivity (Wildman–Crippen MR) is 89.0 cm³/mol. The Hall–Kier alpha value is -2.34. The molecule has 0 aliphatic heterocycles. The minimum absolute atomic E-state index is 0.208. The lowest BCUT2D eigenvalue weighted by Gasteiger charge is -2.18. The molecule has 5 N–H and O–H groups in total. The van der Waals surface area contributed by atoms with Crippen LogP contribution in [0.15, 0.2) is 30.5 Å². The first-order valence-electron chi connectivity index (χ1n) is 7.72. The summed E-state index contributed by atoms with van der Waals surface area (Å²) in [5.74, 6) is -1.22. The number of nitrogens with one attached hydrogen (secondary N) is 2. The molecule has 0 fully saturated rings. The number of carboxylic acids is 1. The number of aliphatic carboxylic acids is 1. The topological polar surface area (TPSA) is 108 Å². The summed E-state index contributed by atoms with van der Waals surface area (Å²) >= 11 is 0. The van der Waals surface area contributed by atoms with Crippen molar-refractivity contribution < 1.29 is 14.7 Å². The molecule has 2 aromatic rings. The quantitative estimate of drug-likeness (QED) is 0.622. The molecular formula is C17H23N3O3. The number of hydrogen-bond acceptors (Lipinski definition) is 3. The van der Waals surface area contributed by atoms with Crippen LogP contribution < -0.4 is 11.1 Å². The molecule has 0 saturated heterocycles. The van der Waals surface area contributed by atoms with Crippen LogP contribution in [-0.2, 0) is 16.0 Å². The number of carbonyl (C=O) groups excluding carboxylic acids is 1. The fourth-order valence-electron chi connectivity index (χ4n) is 2.61. The summed E-state index contributed by atoms with van der Waals surface area (Å²) in [5.41, 5.74) is 7.61. The standard InChI is InChI=1S/C17H23N3O3/c1-10(2)7-13(18)16(21)20-15(17(22)23)8-11-9-19-14-6-4-3-5-12(11)14/h3-6,9-10,13,15,19H,7-8,18H2,1-2H3,(H,20,21)(H,22,23). The van der Waals surface area contributed by atoms with Crippen LogP contribution in [0.25, 0.3) is 10.9 Å². The molecule has 0 aliphatic carbocycles. The summed E-state index contributed by atoms with van der Waals surface area (Å²) in [5, 5.41) is 12.9. The molecule has 1 aromatic heterocycles. The van der Waals surface area contributed by atoms with Gasteiger partial charge in [0.25, 0.3) is 0 Å².